The second-order valence-corrected chi connectivity index (χ2v) is 5.68. The van der Waals surface area contributed by atoms with E-state index in [0.717, 1.165) is 8.95 Å². The normalized spacial score (nSPS) is 10.4. The van der Waals surface area contributed by atoms with Crippen molar-refractivity contribution < 1.29 is 9.18 Å². The fraction of sp³-hybridized carbons (Fsp3) is 0.0714. The van der Waals surface area contributed by atoms with Gasteiger partial charge in [-0.3, -0.25) is 4.79 Å². The molecule has 2 aromatic rings. The van der Waals surface area contributed by atoms with Crippen LogP contribution in [0.5, 0.6) is 0 Å². The van der Waals surface area contributed by atoms with Gasteiger partial charge < -0.3 is 0 Å². The maximum Gasteiger partial charge on any atom is 0.194 e. The predicted molar refractivity (Wildman–Crippen MR) is 76.4 cm³/mol. The number of carbonyl (C=O) groups is 1. The van der Waals surface area contributed by atoms with Gasteiger partial charge in [-0.2, -0.15) is 0 Å². The molecular formula is C14H9Br2FO. The molecule has 0 atom stereocenters. The Morgan fingerprint density at radius 1 is 1.06 bits per heavy atom. The van der Waals surface area contributed by atoms with E-state index in [0.29, 0.717) is 16.7 Å². The van der Waals surface area contributed by atoms with Gasteiger partial charge >= 0.3 is 0 Å². The maximum atomic E-state index is 13.0. The second kappa shape index (κ2) is 5.33. The highest BCUT2D eigenvalue weighted by molar-refractivity contribution is 9.11. The topological polar surface area (TPSA) is 17.1 Å². The molecule has 18 heavy (non-hydrogen) atoms. The molecule has 0 saturated heterocycles. The van der Waals surface area contributed by atoms with E-state index >= 15 is 0 Å². The largest absolute Gasteiger partial charge is 0.289 e. The quantitative estimate of drug-likeness (QED) is 0.687. The van der Waals surface area contributed by atoms with Gasteiger partial charge in [0.05, 0.1) is 0 Å². The summed E-state index contributed by atoms with van der Waals surface area (Å²) in [6.07, 6.45) is 0. The van der Waals surface area contributed by atoms with Crippen molar-refractivity contribution in [2.24, 2.45) is 0 Å². The molecule has 0 spiro atoms. The molecule has 0 radical (unpaired) electrons. The first-order valence-electron chi connectivity index (χ1n) is 5.25. The van der Waals surface area contributed by atoms with Crippen molar-refractivity contribution >= 4 is 37.6 Å². The molecule has 0 saturated carbocycles. The minimum absolute atomic E-state index is 0.124. The molecule has 4 heteroatoms. The molecule has 2 rings (SSSR count). The summed E-state index contributed by atoms with van der Waals surface area (Å²) in [4.78, 5) is 12.4. The first kappa shape index (κ1) is 13.4. The Bertz CT molecular complexity index is 623. The lowest BCUT2D eigenvalue weighted by Gasteiger charge is -2.07. The Hall–Kier alpha value is -1.000. The molecule has 0 bridgehead atoms. The van der Waals surface area contributed by atoms with Crippen molar-refractivity contribution in [3.8, 4) is 0 Å². The standard InChI is InChI=1S/C14H9Br2FO/c1-8-6-10(17)3-4-11(8)14(18)12-7-9(15)2-5-13(12)16/h2-7H,1H3. The van der Waals surface area contributed by atoms with E-state index in [9.17, 15) is 9.18 Å². The fourth-order valence-corrected chi connectivity index (χ4v) is 2.49. The molecule has 0 aliphatic heterocycles. The van der Waals surface area contributed by atoms with Crippen LogP contribution in [0, 0.1) is 12.7 Å². The van der Waals surface area contributed by atoms with Crippen LogP contribution in [0.2, 0.25) is 0 Å². The number of hydrogen-bond donors (Lipinski definition) is 0. The SMILES string of the molecule is Cc1cc(F)ccc1C(=O)c1cc(Br)ccc1Br. The second-order valence-electron chi connectivity index (χ2n) is 3.91. The lowest BCUT2D eigenvalue weighted by atomic mass is 9.99. The van der Waals surface area contributed by atoms with Crippen LogP contribution in [-0.2, 0) is 0 Å². The van der Waals surface area contributed by atoms with Crippen LogP contribution in [0.4, 0.5) is 4.39 Å². The highest BCUT2D eigenvalue weighted by Crippen LogP contribution is 2.25. The summed E-state index contributed by atoms with van der Waals surface area (Å²) >= 11 is 6.69. The van der Waals surface area contributed by atoms with Crippen LogP contribution in [0.1, 0.15) is 21.5 Å². The van der Waals surface area contributed by atoms with Gasteiger partial charge in [-0.05, 0) is 48.9 Å². The Balaban J connectivity index is 2.51. The van der Waals surface area contributed by atoms with Crippen LogP contribution in [-0.4, -0.2) is 5.78 Å². The van der Waals surface area contributed by atoms with Crippen molar-refractivity contribution in [1.29, 1.82) is 0 Å². The van der Waals surface area contributed by atoms with Crippen molar-refractivity contribution in [2.75, 3.05) is 0 Å². The van der Waals surface area contributed by atoms with Gasteiger partial charge in [0.2, 0.25) is 0 Å². The molecule has 0 N–H and O–H groups in total. The summed E-state index contributed by atoms with van der Waals surface area (Å²) in [5.74, 6) is -0.460. The van der Waals surface area contributed by atoms with E-state index < -0.39 is 0 Å². The number of benzene rings is 2. The number of aryl methyl sites for hydroxylation is 1. The van der Waals surface area contributed by atoms with Gasteiger partial charge in [-0.1, -0.05) is 31.9 Å². The third-order valence-corrected chi connectivity index (χ3v) is 3.79. The molecule has 0 aliphatic carbocycles. The van der Waals surface area contributed by atoms with Gasteiger partial charge in [-0.25, -0.2) is 4.39 Å². The maximum absolute atomic E-state index is 13.0. The summed E-state index contributed by atoms with van der Waals surface area (Å²) in [5, 5.41) is 0. The van der Waals surface area contributed by atoms with Gasteiger partial charge in [0.25, 0.3) is 0 Å². The molecular weight excluding hydrogens is 363 g/mol. The number of ketones is 1. The lowest BCUT2D eigenvalue weighted by molar-refractivity contribution is 0.103. The van der Waals surface area contributed by atoms with Gasteiger partial charge in [-0.15, -0.1) is 0 Å². The molecule has 92 valence electrons. The van der Waals surface area contributed by atoms with E-state index in [-0.39, 0.29) is 11.6 Å². The van der Waals surface area contributed by atoms with E-state index in [1.807, 2.05) is 6.07 Å². The average molecular weight is 372 g/mol. The van der Waals surface area contributed by atoms with Crippen molar-refractivity contribution in [1.82, 2.24) is 0 Å². The molecule has 0 amide bonds. The zero-order valence-electron chi connectivity index (χ0n) is 9.51. The highest BCUT2D eigenvalue weighted by Gasteiger charge is 2.15. The number of rotatable bonds is 2. The molecule has 0 fully saturated rings. The minimum atomic E-state index is -0.336. The average Bonchev–Trinajstić information content (AvgIpc) is 2.31. The Kier molecular flexibility index (Phi) is 3.97. The zero-order valence-corrected chi connectivity index (χ0v) is 12.7. The van der Waals surface area contributed by atoms with Crippen molar-refractivity contribution in [3.63, 3.8) is 0 Å². The first-order valence-corrected chi connectivity index (χ1v) is 6.83. The molecule has 0 aromatic heterocycles. The summed E-state index contributed by atoms with van der Waals surface area (Å²) < 4.78 is 14.6. The van der Waals surface area contributed by atoms with Crippen LogP contribution >= 0.6 is 31.9 Å². The molecule has 1 nitrogen and oxygen atoms in total. The minimum Gasteiger partial charge on any atom is -0.289 e. The lowest BCUT2D eigenvalue weighted by Crippen LogP contribution is -2.05. The van der Waals surface area contributed by atoms with Gasteiger partial charge in [0.15, 0.2) is 5.78 Å². The third-order valence-electron chi connectivity index (χ3n) is 2.61. The Morgan fingerprint density at radius 3 is 2.44 bits per heavy atom. The molecule has 2 aromatic carbocycles. The monoisotopic (exact) mass is 370 g/mol. The van der Waals surface area contributed by atoms with Crippen molar-refractivity contribution in [2.45, 2.75) is 6.92 Å². The van der Waals surface area contributed by atoms with E-state index in [1.165, 1.54) is 18.2 Å². The van der Waals surface area contributed by atoms with Crippen LogP contribution in [0.3, 0.4) is 0 Å². The summed E-state index contributed by atoms with van der Waals surface area (Å²) in [6, 6.07) is 9.56. The predicted octanol–water partition coefficient (Wildman–Crippen LogP) is 4.89. The zero-order chi connectivity index (χ0) is 13.3. The summed E-state index contributed by atoms with van der Waals surface area (Å²) in [6.45, 7) is 1.72. The first-order chi connectivity index (χ1) is 8.49. The third kappa shape index (κ3) is 2.70. The number of halogens is 3. The van der Waals surface area contributed by atoms with Crippen LogP contribution in [0.15, 0.2) is 45.3 Å². The van der Waals surface area contributed by atoms with E-state index in [2.05, 4.69) is 31.9 Å². The molecule has 0 heterocycles. The molecule has 0 unspecified atom stereocenters. The van der Waals surface area contributed by atoms with Crippen molar-refractivity contribution in [3.05, 3.63) is 67.9 Å². The summed E-state index contributed by atoms with van der Waals surface area (Å²) in [7, 11) is 0. The van der Waals surface area contributed by atoms with E-state index in [4.69, 9.17) is 0 Å². The summed E-state index contributed by atoms with van der Waals surface area (Å²) in [5.41, 5.74) is 1.70. The van der Waals surface area contributed by atoms with Crippen LogP contribution in [0.25, 0.3) is 0 Å². The molecule has 0 aliphatic rings. The highest BCUT2D eigenvalue weighted by atomic mass is 79.9. The van der Waals surface area contributed by atoms with Crippen LogP contribution < -0.4 is 0 Å². The van der Waals surface area contributed by atoms with Gasteiger partial charge in [0.1, 0.15) is 5.82 Å². The van der Waals surface area contributed by atoms with Gasteiger partial charge in [0, 0.05) is 20.1 Å². The Labute approximate surface area is 121 Å². The smallest absolute Gasteiger partial charge is 0.194 e. The number of hydrogen-bond acceptors (Lipinski definition) is 1. The van der Waals surface area contributed by atoms with E-state index in [1.54, 1.807) is 19.1 Å². The fourth-order valence-electron chi connectivity index (χ4n) is 1.70. The number of carbonyl (C=O) groups excluding carboxylic acids is 1. The Morgan fingerprint density at radius 2 is 1.78 bits per heavy atom.